The largest absolute Gasteiger partial charge is 0.465 e. The Hall–Kier alpha value is -0.950. The molecule has 2 aliphatic heterocycles. The smallest absolute Gasteiger partial charge is 0.407 e. The van der Waals surface area contributed by atoms with E-state index in [1.807, 2.05) is 0 Å². The zero-order valence-electron chi connectivity index (χ0n) is 6.67. The van der Waals surface area contributed by atoms with Gasteiger partial charge < -0.3 is 14.2 Å². The molecule has 2 aliphatic rings. The number of amides is 1. The molecule has 7 heteroatoms. The minimum Gasteiger partial charge on any atom is -0.465 e. The number of carbonyl (C=O) groups is 2. The average Bonchev–Trinajstić information content (AvgIpc) is 2.47. The van der Waals surface area contributed by atoms with E-state index in [0.717, 1.165) is 12.2 Å². The molecule has 2 saturated heterocycles. The minimum absolute atomic E-state index is 0.209. The maximum absolute atomic E-state index is 11.1. The summed E-state index contributed by atoms with van der Waals surface area (Å²) in [5.41, 5.74) is 0. The lowest BCUT2D eigenvalue weighted by Gasteiger charge is -2.31. The number of rotatable bonds is 0. The zero-order chi connectivity index (χ0) is 9.42. The molecule has 1 atom stereocenters. The Balaban J connectivity index is 2.05. The Morgan fingerprint density at radius 2 is 2.38 bits per heavy atom. The summed E-state index contributed by atoms with van der Waals surface area (Å²) >= 11 is 1.01. The third kappa shape index (κ3) is 1.44. The number of hydrogen-bond donors (Lipinski definition) is 1. The molecule has 0 aromatic rings. The normalized spacial score (nSPS) is 28.5. The van der Waals surface area contributed by atoms with Gasteiger partial charge in [0, 0.05) is 13.1 Å². The molecule has 72 valence electrons. The van der Waals surface area contributed by atoms with Crippen molar-refractivity contribution in [2.45, 2.75) is 6.04 Å². The Bertz CT molecular complexity index is 259. The van der Waals surface area contributed by atoms with E-state index in [9.17, 15) is 9.59 Å². The summed E-state index contributed by atoms with van der Waals surface area (Å²) in [6.45, 7) is 1.17. The summed E-state index contributed by atoms with van der Waals surface area (Å²) in [6.07, 6.45) is -0.982. The van der Waals surface area contributed by atoms with Crippen LogP contribution in [-0.2, 0) is 8.98 Å². The maximum Gasteiger partial charge on any atom is 0.407 e. The van der Waals surface area contributed by atoms with Crippen LogP contribution in [0.3, 0.4) is 0 Å². The van der Waals surface area contributed by atoms with Crippen molar-refractivity contribution in [2.75, 3.05) is 19.6 Å². The number of hydrogen-bond acceptors (Lipinski definition) is 5. The molecule has 2 rings (SSSR count). The summed E-state index contributed by atoms with van der Waals surface area (Å²) in [4.78, 5) is 22.9. The third-order valence-corrected chi connectivity index (χ3v) is 2.96. The first-order valence-electron chi connectivity index (χ1n) is 3.81. The van der Waals surface area contributed by atoms with E-state index >= 15 is 0 Å². The van der Waals surface area contributed by atoms with Crippen molar-refractivity contribution in [3.8, 4) is 0 Å². The molecule has 0 radical (unpaired) electrons. The molecule has 6 nitrogen and oxygen atoms in total. The van der Waals surface area contributed by atoms with Crippen LogP contribution in [0.25, 0.3) is 0 Å². The monoisotopic (exact) mass is 204 g/mol. The second kappa shape index (κ2) is 3.08. The van der Waals surface area contributed by atoms with Crippen LogP contribution in [0.1, 0.15) is 0 Å². The van der Waals surface area contributed by atoms with Crippen molar-refractivity contribution in [1.29, 1.82) is 0 Å². The molecule has 0 aromatic heterocycles. The van der Waals surface area contributed by atoms with Gasteiger partial charge in [0.05, 0.1) is 6.54 Å². The van der Waals surface area contributed by atoms with Crippen LogP contribution in [0.4, 0.5) is 4.79 Å². The molecule has 1 amide bonds. The van der Waals surface area contributed by atoms with Crippen molar-refractivity contribution in [2.24, 2.45) is 0 Å². The van der Waals surface area contributed by atoms with Gasteiger partial charge in [0.25, 0.3) is 0 Å². The second-order valence-corrected chi connectivity index (χ2v) is 3.65. The van der Waals surface area contributed by atoms with Crippen molar-refractivity contribution < 1.29 is 18.9 Å². The molecular formula is C6H8N2O4S. The highest BCUT2D eigenvalue weighted by molar-refractivity contribution is 7.93. The molecular weight excluding hydrogens is 196 g/mol. The van der Waals surface area contributed by atoms with Gasteiger partial charge in [-0.1, -0.05) is 0 Å². The third-order valence-electron chi connectivity index (χ3n) is 2.09. The van der Waals surface area contributed by atoms with Crippen molar-refractivity contribution in [3.05, 3.63) is 0 Å². The number of carbonyl (C=O) groups excluding carboxylic acids is 1. The SMILES string of the molecule is O=C1OSN2CCN(C(=O)O)C[C@H]12. The molecule has 13 heavy (non-hydrogen) atoms. The molecule has 0 aliphatic carbocycles. The van der Waals surface area contributed by atoms with Gasteiger partial charge in [-0.15, -0.1) is 0 Å². The van der Waals surface area contributed by atoms with Crippen molar-refractivity contribution in [3.63, 3.8) is 0 Å². The topological polar surface area (TPSA) is 70.1 Å². The fourth-order valence-corrected chi connectivity index (χ4v) is 2.05. The van der Waals surface area contributed by atoms with Crippen LogP contribution in [-0.4, -0.2) is 52.1 Å². The van der Waals surface area contributed by atoms with Crippen LogP contribution >= 0.6 is 12.2 Å². The van der Waals surface area contributed by atoms with Crippen LogP contribution in [0.5, 0.6) is 0 Å². The molecule has 0 aromatic carbocycles. The van der Waals surface area contributed by atoms with Gasteiger partial charge in [-0.3, -0.25) is 0 Å². The number of nitrogens with zero attached hydrogens (tertiary/aromatic N) is 2. The molecule has 2 fully saturated rings. The van der Waals surface area contributed by atoms with Crippen molar-refractivity contribution >= 4 is 24.3 Å². The van der Waals surface area contributed by atoms with Gasteiger partial charge >= 0.3 is 12.1 Å². The number of piperazine rings is 1. The van der Waals surface area contributed by atoms with E-state index in [2.05, 4.69) is 0 Å². The highest BCUT2D eigenvalue weighted by Crippen LogP contribution is 2.28. The molecule has 1 N–H and O–H groups in total. The van der Waals surface area contributed by atoms with E-state index in [4.69, 9.17) is 9.29 Å². The van der Waals surface area contributed by atoms with E-state index in [-0.39, 0.29) is 12.5 Å². The molecule has 0 spiro atoms. The predicted molar refractivity (Wildman–Crippen MR) is 43.8 cm³/mol. The standard InChI is InChI=1S/C6H8N2O4S/c9-5-4-3-7(6(10)11)1-2-8(4)13-12-5/h4H,1-3H2,(H,10,11)/t4-/m1/s1. The van der Waals surface area contributed by atoms with Gasteiger partial charge in [-0.2, -0.15) is 4.31 Å². The van der Waals surface area contributed by atoms with Crippen LogP contribution in [0.15, 0.2) is 0 Å². The van der Waals surface area contributed by atoms with Gasteiger partial charge in [0.1, 0.15) is 6.04 Å². The molecule has 2 heterocycles. The summed E-state index contributed by atoms with van der Waals surface area (Å²) in [7, 11) is 0. The average molecular weight is 204 g/mol. The lowest BCUT2D eigenvalue weighted by molar-refractivity contribution is -0.135. The van der Waals surface area contributed by atoms with E-state index in [1.165, 1.54) is 4.90 Å². The van der Waals surface area contributed by atoms with E-state index in [1.54, 1.807) is 4.31 Å². The summed E-state index contributed by atoms with van der Waals surface area (Å²) < 4.78 is 6.48. The lowest BCUT2D eigenvalue weighted by atomic mass is 10.2. The lowest BCUT2D eigenvalue weighted by Crippen LogP contribution is -2.52. The fourth-order valence-electron chi connectivity index (χ4n) is 1.36. The fraction of sp³-hybridized carbons (Fsp3) is 0.667. The predicted octanol–water partition coefficient (Wildman–Crippen LogP) is -0.229. The maximum atomic E-state index is 11.1. The van der Waals surface area contributed by atoms with Crippen LogP contribution < -0.4 is 0 Å². The van der Waals surface area contributed by atoms with Crippen molar-refractivity contribution in [1.82, 2.24) is 9.21 Å². The highest BCUT2D eigenvalue weighted by atomic mass is 32.2. The summed E-state index contributed by atoms with van der Waals surface area (Å²) in [6, 6.07) is -0.421. The Kier molecular flexibility index (Phi) is 2.04. The quantitative estimate of drug-likeness (QED) is 0.434. The Labute approximate surface area is 78.8 Å². The first-order valence-corrected chi connectivity index (χ1v) is 4.51. The summed E-state index contributed by atoms with van der Waals surface area (Å²) in [5.74, 6) is -0.351. The van der Waals surface area contributed by atoms with E-state index < -0.39 is 12.1 Å². The Morgan fingerprint density at radius 3 is 3.08 bits per heavy atom. The Morgan fingerprint density at radius 1 is 1.62 bits per heavy atom. The number of carboxylic acid groups (broad SMARTS) is 1. The first-order chi connectivity index (χ1) is 6.18. The molecule has 0 bridgehead atoms. The highest BCUT2D eigenvalue weighted by Gasteiger charge is 2.41. The minimum atomic E-state index is -0.982. The van der Waals surface area contributed by atoms with Gasteiger partial charge in [0.15, 0.2) is 12.2 Å². The van der Waals surface area contributed by atoms with Crippen LogP contribution in [0, 0.1) is 0 Å². The second-order valence-electron chi connectivity index (χ2n) is 2.86. The van der Waals surface area contributed by atoms with Crippen LogP contribution in [0.2, 0.25) is 0 Å². The molecule has 0 unspecified atom stereocenters. The van der Waals surface area contributed by atoms with Gasteiger partial charge in [-0.25, -0.2) is 9.59 Å². The summed E-state index contributed by atoms with van der Waals surface area (Å²) in [5, 5.41) is 8.69. The van der Waals surface area contributed by atoms with Gasteiger partial charge in [0.2, 0.25) is 0 Å². The number of fused-ring (bicyclic) bond motifs is 1. The first kappa shape index (κ1) is 8.64. The van der Waals surface area contributed by atoms with Gasteiger partial charge in [-0.05, 0) is 0 Å². The van der Waals surface area contributed by atoms with E-state index in [0.29, 0.717) is 13.1 Å². The zero-order valence-corrected chi connectivity index (χ0v) is 7.49. The molecule has 0 saturated carbocycles.